The molecule has 6 nitrogen and oxygen atoms in total. The summed E-state index contributed by atoms with van der Waals surface area (Å²) in [6, 6.07) is 6.32. The van der Waals surface area contributed by atoms with E-state index in [1.807, 2.05) is 11.9 Å². The lowest BCUT2D eigenvalue weighted by molar-refractivity contribution is 0.355. The Morgan fingerprint density at radius 2 is 2.04 bits per heavy atom. The largest absolute Gasteiger partial charge is 0.372 e. The predicted molar refractivity (Wildman–Crippen MR) is 107 cm³/mol. The third-order valence-electron chi connectivity index (χ3n) is 5.47. The van der Waals surface area contributed by atoms with E-state index in [2.05, 4.69) is 10.7 Å². The Hall–Kier alpha value is -1.99. The molecule has 0 spiro atoms. The van der Waals surface area contributed by atoms with Gasteiger partial charge in [0.15, 0.2) is 10.7 Å². The fourth-order valence-corrected chi connectivity index (χ4v) is 5.93. The summed E-state index contributed by atoms with van der Waals surface area (Å²) in [5, 5.41) is 5.20. The predicted octanol–water partition coefficient (Wildman–Crippen LogP) is 3.20. The van der Waals surface area contributed by atoms with E-state index in [-0.39, 0.29) is 9.80 Å². The van der Waals surface area contributed by atoms with E-state index in [0.29, 0.717) is 29.1 Å². The molecule has 1 saturated carbocycles. The van der Waals surface area contributed by atoms with E-state index < -0.39 is 9.84 Å². The molecule has 0 saturated heterocycles. The summed E-state index contributed by atoms with van der Waals surface area (Å²) >= 11 is 6.02. The summed E-state index contributed by atoms with van der Waals surface area (Å²) in [4.78, 5) is 5.04. The molecule has 1 aliphatic carbocycles. The first-order valence-corrected chi connectivity index (χ1v) is 11.0. The standard InChI is InChI=1S/C19H23ClN4O2S/c1-12-16(13-6-3-4-7-13)11-24-19(22-12)17(18(21-2)23-24)27(25,26)15-9-5-8-14(20)10-15/h5,8-10,13,21,23H,3-4,6-7,11H2,1-2H3. The summed E-state index contributed by atoms with van der Waals surface area (Å²) in [7, 11) is -2.08. The monoisotopic (exact) mass is 406 g/mol. The minimum absolute atomic E-state index is 0.160. The summed E-state index contributed by atoms with van der Waals surface area (Å²) < 4.78 is 26.7. The van der Waals surface area contributed by atoms with Gasteiger partial charge in [-0.25, -0.2) is 13.4 Å². The molecule has 1 aromatic rings. The normalized spacial score (nSPS) is 20.7. The Balaban J connectivity index is 1.79. The highest BCUT2D eigenvalue weighted by molar-refractivity contribution is 7.96. The molecule has 1 aromatic carbocycles. The van der Waals surface area contributed by atoms with Crippen molar-refractivity contribution >= 4 is 27.3 Å². The van der Waals surface area contributed by atoms with Gasteiger partial charge in [0.05, 0.1) is 11.4 Å². The Morgan fingerprint density at radius 1 is 1.30 bits per heavy atom. The molecule has 3 aliphatic rings. The molecule has 4 rings (SSSR count). The van der Waals surface area contributed by atoms with E-state index in [4.69, 9.17) is 16.6 Å². The number of fused-ring (bicyclic) bond motifs is 1. The van der Waals surface area contributed by atoms with Gasteiger partial charge in [-0.15, -0.1) is 0 Å². The number of nitrogens with zero attached hydrogens (tertiary/aromatic N) is 2. The fourth-order valence-electron chi connectivity index (χ4n) is 4.09. The second-order valence-corrected chi connectivity index (χ2v) is 9.46. The number of hydrazine groups is 1. The maximum absolute atomic E-state index is 13.3. The lowest BCUT2D eigenvalue weighted by Gasteiger charge is -2.29. The zero-order valence-corrected chi connectivity index (χ0v) is 17.0. The van der Waals surface area contributed by atoms with Crippen LogP contribution in [-0.2, 0) is 9.84 Å². The topological polar surface area (TPSA) is 73.8 Å². The molecule has 0 radical (unpaired) electrons. The Kier molecular flexibility index (Phi) is 4.68. The van der Waals surface area contributed by atoms with Crippen LogP contribution in [-0.4, -0.2) is 32.9 Å². The summed E-state index contributed by atoms with van der Waals surface area (Å²) in [6.07, 6.45) is 4.87. The molecular weight excluding hydrogens is 384 g/mol. The number of rotatable bonds is 4. The van der Waals surface area contributed by atoms with Crippen LogP contribution in [0.3, 0.4) is 0 Å². The number of hydrogen-bond acceptors (Lipinski definition) is 6. The van der Waals surface area contributed by atoms with Gasteiger partial charge in [-0.2, -0.15) is 0 Å². The van der Waals surface area contributed by atoms with Crippen molar-refractivity contribution in [2.75, 3.05) is 13.6 Å². The van der Waals surface area contributed by atoms with Gasteiger partial charge in [-0.05, 0) is 49.5 Å². The number of aliphatic imine (C=N–C) groups is 1. The Labute approximate surface area is 164 Å². The lowest BCUT2D eigenvalue weighted by Crippen LogP contribution is -2.42. The molecule has 144 valence electrons. The van der Waals surface area contributed by atoms with Crippen LogP contribution in [0.4, 0.5) is 0 Å². The molecule has 0 bridgehead atoms. The Bertz CT molecular complexity index is 975. The van der Waals surface area contributed by atoms with Crippen LogP contribution in [0.25, 0.3) is 0 Å². The summed E-state index contributed by atoms with van der Waals surface area (Å²) in [6.45, 7) is 2.63. The van der Waals surface area contributed by atoms with E-state index in [1.54, 1.807) is 25.2 Å². The highest BCUT2D eigenvalue weighted by Gasteiger charge is 2.41. The molecule has 0 aromatic heterocycles. The van der Waals surface area contributed by atoms with Gasteiger partial charge in [0, 0.05) is 17.8 Å². The molecule has 27 heavy (non-hydrogen) atoms. The lowest BCUT2D eigenvalue weighted by atomic mass is 9.95. The highest BCUT2D eigenvalue weighted by atomic mass is 35.5. The number of halogens is 1. The average molecular weight is 407 g/mol. The van der Waals surface area contributed by atoms with Crippen molar-refractivity contribution in [1.82, 2.24) is 15.8 Å². The van der Waals surface area contributed by atoms with Crippen molar-refractivity contribution in [3.63, 3.8) is 0 Å². The summed E-state index contributed by atoms with van der Waals surface area (Å²) in [5.74, 6) is 1.43. The molecular formula is C19H23ClN4O2S. The smallest absolute Gasteiger partial charge is 0.214 e. The SMILES string of the molecule is CNC1=C(S(=O)(=O)c2cccc(Cl)c2)C2=NC(C)=C(C3CCCC3)CN2N1. The van der Waals surface area contributed by atoms with Crippen LogP contribution < -0.4 is 10.7 Å². The van der Waals surface area contributed by atoms with Crippen molar-refractivity contribution in [2.24, 2.45) is 10.9 Å². The van der Waals surface area contributed by atoms with Crippen molar-refractivity contribution in [3.8, 4) is 0 Å². The highest BCUT2D eigenvalue weighted by Crippen LogP contribution is 2.37. The number of benzene rings is 1. The Morgan fingerprint density at radius 3 is 2.70 bits per heavy atom. The van der Waals surface area contributed by atoms with E-state index in [0.717, 1.165) is 5.70 Å². The van der Waals surface area contributed by atoms with Crippen molar-refractivity contribution in [1.29, 1.82) is 0 Å². The van der Waals surface area contributed by atoms with Gasteiger partial charge in [0.1, 0.15) is 5.82 Å². The van der Waals surface area contributed by atoms with Crippen LogP contribution in [0.15, 0.2) is 56.1 Å². The van der Waals surface area contributed by atoms with Crippen molar-refractivity contribution < 1.29 is 8.42 Å². The third-order valence-corrected chi connectivity index (χ3v) is 7.51. The van der Waals surface area contributed by atoms with Gasteiger partial charge in [-0.3, -0.25) is 10.4 Å². The molecule has 2 N–H and O–H groups in total. The zero-order chi connectivity index (χ0) is 19.2. The molecule has 0 unspecified atom stereocenters. The first-order valence-electron chi connectivity index (χ1n) is 9.17. The maximum Gasteiger partial charge on any atom is 0.214 e. The number of amidine groups is 1. The number of nitrogens with one attached hydrogen (secondary N) is 2. The number of allylic oxidation sites excluding steroid dienone is 1. The first kappa shape index (κ1) is 18.4. The van der Waals surface area contributed by atoms with Crippen LogP contribution in [0.5, 0.6) is 0 Å². The van der Waals surface area contributed by atoms with E-state index in [9.17, 15) is 8.42 Å². The van der Waals surface area contributed by atoms with Gasteiger partial charge >= 0.3 is 0 Å². The van der Waals surface area contributed by atoms with Gasteiger partial charge in [0.25, 0.3) is 0 Å². The minimum Gasteiger partial charge on any atom is -0.372 e. The van der Waals surface area contributed by atoms with Crippen LogP contribution >= 0.6 is 11.6 Å². The van der Waals surface area contributed by atoms with Crippen LogP contribution in [0.2, 0.25) is 5.02 Å². The number of hydrogen-bond donors (Lipinski definition) is 2. The van der Waals surface area contributed by atoms with Crippen LogP contribution in [0.1, 0.15) is 32.6 Å². The van der Waals surface area contributed by atoms with Gasteiger partial charge in [0.2, 0.25) is 9.84 Å². The molecule has 1 fully saturated rings. The second-order valence-electron chi connectivity index (χ2n) is 7.14. The molecule has 2 aliphatic heterocycles. The van der Waals surface area contributed by atoms with Crippen LogP contribution in [0, 0.1) is 5.92 Å². The van der Waals surface area contributed by atoms with Crippen molar-refractivity contribution in [3.05, 3.63) is 51.3 Å². The quantitative estimate of drug-likeness (QED) is 0.803. The molecule has 0 atom stereocenters. The molecule has 0 amide bonds. The molecule has 8 heteroatoms. The van der Waals surface area contributed by atoms with E-state index >= 15 is 0 Å². The maximum atomic E-state index is 13.3. The molecule has 2 heterocycles. The van der Waals surface area contributed by atoms with E-state index in [1.165, 1.54) is 37.3 Å². The van der Waals surface area contributed by atoms with Gasteiger partial charge in [-0.1, -0.05) is 30.5 Å². The second kappa shape index (κ2) is 6.87. The average Bonchev–Trinajstić information content (AvgIpc) is 3.28. The third kappa shape index (κ3) is 3.12. The summed E-state index contributed by atoms with van der Waals surface area (Å²) in [5.41, 5.74) is 5.42. The zero-order valence-electron chi connectivity index (χ0n) is 15.4. The van der Waals surface area contributed by atoms with Gasteiger partial charge < -0.3 is 5.32 Å². The first-order chi connectivity index (χ1) is 12.9. The number of sulfone groups is 1. The fraction of sp³-hybridized carbons (Fsp3) is 0.421. The minimum atomic E-state index is -3.78. The van der Waals surface area contributed by atoms with Crippen molar-refractivity contribution in [2.45, 2.75) is 37.5 Å².